The minimum Gasteiger partial charge on any atom is -0.497 e. The van der Waals surface area contributed by atoms with Crippen molar-refractivity contribution in [2.24, 2.45) is 5.73 Å². The molecule has 3 N–H and O–H groups in total. The summed E-state index contributed by atoms with van der Waals surface area (Å²) in [6.07, 6.45) is 4.66. The van der Waals surface area contributed by atoms with Crippen LogP contribution in [0.5, 0.6) is 5.75 Å². The van der Waals surface area contributed by atoms with Crippen molar-refractivity contribution in [2.45, 2.75) is 50.7 Å². The van der Waals surface area contributed by atoms with Crippen LogP contribution in [0.2, 0.25) is 0 Å². The molecule has 1 aliphatic rings. The average molecular weight is 292 g/mol. The number of rotatable bonds is 5. The smallest absolute Gasteiger partial charge is 0.118 e. The molecule has 0 aliphatic carbocycles. The van der Waals surface area contributed by atoms with Gasteiger partial charge in [0.05, 0.1) is 13.7 Å². The van der Waals surface area contributed by atoms with Gasteiger partial charge in [-0.2, -0.15) is 0 Å². The van der Waals surface area contributed by atoms with Crippen LogP contribution in [-0.2, 0) is 0 Å². The first kappa shape index (κ1) is 16.3. The third-order valence-electron chi connectivity index (χ3n) is 4.45. The number of likely N-dealkylation sites (tertiary alicyclic amines) is 1. The molecule has 21 heavy (non-hydrogen) atoms. The van der Waals surface area contributed by atoms with Crippen molar-refractivity contribution in [3.8, 4) is 5.75 Å². The predicted molar refractivity (Wildman–Crippen MR) is 85.4 cm³/mol. The zero-order valence-corrected chi connectivity index (χ0v) is 13.2. The van der Waals surface area contributed by atoms with Gasteiger partial charge >= 0.3 is 0 Å². The minimum atomic E-state index is 0.0190. The SMILES string of the molecule is COc1ccc(C(C(C)N)N2CCCCCC2CO)cc1. The molecule has 1 aliphatic heterocycles. The fourth-order valence-electron chi connectivity index (χ4n) is 3.36. The summed E-state index contributed by atoms with van der Waals surface area (Å²) in [6, 6.07) is 8.52. The number of methoxy groups -OCH3 is 1. The maximum absolute atomic E-state index is 9.74. The molecular formula is C17H28N2O2. The molecule has 0 spiro atoms. The van der Waals surface area contributed by atoms with Gasteiger partial charge in [-0.1, -0.05) is 25.0 Å². The van der Waals surface area contributed by atoms with E-state index in [2.05, 4.69) is 17.0 Å². The van der Waals surface area contributed by atoms with Gasteiger partial charge in [-0.05, 0) is 44.0 Å². The molecule has 0 bridgehead atoms. The molecule has 0 saturated carbocycles. The van der Waals surface area contributed by atoms with E-state index in [9.17, 15) is 5.11 Å². The minimum absolute atomic E-state index is 0.0190. The monoisotopic (exact) mass is 292 g/mol. The highest BCUT2D eigenvalue weighted by molar-refractivity contribution is 5.30. The molecule has 118 valence electrons. The van der Waals surface area contributed by atoms with Crippen LogP contribution < -0.4 is 10.5 Å². The first-order valence-electron chi connectivity index (χ1n) is 7.93. The Kier molecular flexibility index (Phi) is 6.03. The molecule has 1 aromatic rings. The van der Waals surface area contributed by atoms with E-state index in [4.69, 9.17) is 10.5 Å². The van der Waals surface area contributed by atoms with Crippen molar-refractivity contribution in [3.63, 3.8) is 0 Å². The first-order valence-corrected chi connectivity index (χ1v) is 7.93. The molecule has 1 aromatic carbocycles. The molecule has 4 heteroatoms. The highest BCUT2D eigenvalue weighted by Crippen LogP contribution is 2.30. The van der Waals surface area contributed by atoms with Crippen molar-refractivity contribution in [2.75, 3.05) is 20.3 Å². The van der Waals surface area contributed by atoms with Gasteiger partial charge in [-0.3, -0.25) is 4.90 Å². The number of hydrogen-bond acceptors (Lipinski definition) is 4. The Morgan fingerprint density at radius 1 is 1.29 bits per heavy atom. The summed E-state index contributed by atoms with van der Waals surface area (Å²) in [5.74, 6) is 0.858. The number of nitrogens with zero attached hydrogens (tertiary/aromatic N) is 1. The second kappa shape index (κ2) is 7.78. The molecule has 0 amide bonds. The molecule has 3 atom stereocenters. The number of hydrogen-bond donors (Lipinski definition) is 2. The third kappa shape index (κ3) is 3.96. The number of aliphatic hydroxyl groups excluding tert-OH is 1. The highest BCUT2D eigenvalue weighted by atomic mass is 16.5. The van der Waals surface area contributed by atoms with E-state index in [-0.39, 0.29) is 24.7 Å². The summed E-state index contributed by atoms with van der Waals surface area (Å²) in [6.45, 7) is 3.26. The molecule has 4 nitrogen and oxygen atoms in total. The third-order valence-corrected chi connectivity index (χ3v) is 4.45. The van der Waals surface area contributed by atoms with E-state index in [0.717, 1.165) is 18.7 Å². The van der Waals surface area contributed by atoms with Gasteiger partial charge in [0.25, 0.3) is 0 Å². The number of benzene rings is 1. The Balaban J connectivity index is 2.26. The summed E-state index contributed by atoms with van der Waals surface area (Å²) in [4.78, 5) is 2.40. The normalized spacial score (nSPS) is 23.3. The predicted octanol–water partition coefficient (Wildman–Crippen LogP) is 2.32. The standard InChI is InChI=1S/C17H28N2O2/c1-13(18)17(14-7-9-16(21-2)10-8-14)19-11-5-3-4-6-15(19)12-20/h7-10,13,15,17,20H,3-6,11-12,18H2,1-2H3. The van der Waals surface area contributed by atoms with Crippen LogP contribution in [0.25, 0.3) is 0 Å². The molecule has 0 aromatic heterocycles. The maximum Gasteiger partial charge on any atom is 0.118 e. The Hall–Kier alpha value is -1.10. The summed E-state index contributed by atoms with van der Waals surface area (Å²) in [5.41, 5.74) is 7.48. The van der Waals surface area contributed by atoms with Crippen molar-refractivity contribution in [1.29, 1.82) is 0 Å². The molecule has 1 heterocycles. The average Bonchev–Trinajstić information content (AvgIpc) is 2.73. The van der Waals surface area contributed by atoms with Gasteiger partial charge in [-0.15, -0.1) is 0 Å². The highest BCUT2D eigenvalue weighted by Gasteiger charge is 2.30. The second-order valence-corrected chi connectivity index (χ2v) is 6.00. The molecule has 3 unspecified atom stereocenters. The largest absolute Gasteiger partial charge is 0.497 e. The lowest BCUT2D eigenvalue weighted by Gasteiger charge is -2.38. The zero-order chi connectivity index (χ0) is 15.2. The Morgan fingerprint density at radius 3 is 2.57 bits per heavy atom. The van der Waals surface area contributed by atoms with Crippen LogP contribution in [0.15, 0.2) is 24.3 Å². The molecule has 1 fully saturated rings. The lowest BCUT2D eigenvalue weighted by atomic mass is 9.96. The fourth-order valence-corrected chi connectivity index (χ4v) is 3.36. The lowest BCUT2D eigenvalue weighted by molar-refractivity contribution is 0.0747. The molecular weight excluding hydrogens is 264 g/mol. The lowest BCUT2D eigenvalue weighted by Crippen LogP contribution is -2.46. The number of ether oxygens (including phenoxy) is 1. The van der Waals surface area contributed by atoms with E-state index < -0.39 is 0 Å². The number of nitrogens with two attached hydrogens (primary N) is 1. The number of aliphatic hydroxyl groups is 1. The van der Waals surface area contributed by atoms with Gasteiger partial charge < -0.3 is 15.6 Å². The van der Waals surface area contributed by atoms with Gasteiger partial charge in [0.1, 0.15) is 5.75 Å². The zero-order valence-electron chi connectivity index (χ0n) is 13.2. The van der Waals surface area contributed by atoms with Crippen LogP contribution in [0.1, 0.15) is 44.2 Å². The van der Waals surface area contributed by atoms with E-state index >= 15 is 0 Å². The van der Waals surface area contributed by atoms with Crippen LogP contribution in [0.4, 0.5) is 0 Å². The van der Waals surface area contributed by atoms with Crippen molar-refractivity contribution in [3.05, 3.63) is 29.8 Å². The molecule has 0 radical (unpaired) electrons. The molecule has 1 saturated heterocycles. The summed E-state index contributed by atoms with van der Waals surface area (Å²) < 4.78 is 5.23. The van der Waals surface area contributed by atoms with Crippen molar-refractivity contribution >= 4 is 0 Å². The van der Waals surface area contributed by atoms with E-state index in [1.807, 2.05) is 19.1 Å². The van der Waals surface area contributed by atoms with Gasteiger partial charge in [0, 0.05) is 18.1 Å². The molecule has 2 rings (SSSR count). The van der Waals surface area contributed by atoms with Gasteiger partial charge in [0.2, 0.25) is 0 Å². The van der Waals surface area contributed by atoms with Crippen LogP contribution >= 0.6 is 0 Å². The summed E-state index contributed by atoms with van der Waals surface area (Å²) >= 11 is 0. The van der Waals surface area contributed by atoms with Gasteiger partial charge in [-0.25, -0.2) is 0 Å². The summed E-state index contributed by atoms with van der Waals surface area (Å²) in [7, 11) is 1.68. The Labute approximate surface area is 127 Å². The fraction of sp³-hybridized carbons (Fsp3) is 0.647. The maximum atomic E-state index is 9.74. The van der Waals surface area contributed by atoms with Crippen molar-refractivity contribution < 1.29 is 9.84 Å². The van der Waals surface area contributed by atoms with Crippen LogP contribution in [0, 0.1) is 0 Å². The topological polar surface area (TPSA) is 58.7 Å². The van der Waals surface area contributed by atoms with E-state index in [1.54, 1.807) is 7.11 Å². The Morgan fingerprint density at radius 2 is 2.00 bits per heavy atom. The van der Waals surface area contributed by atoms with E-state index in [1.165, 1.54) is 24.8 Å². The van der Waals surface area contributed by atoms with Crippen LogP contribution in [0.3, 0.4) is 0 Å². The second-order valence-electron chi connectivity index (χ2n) is 6.00. The van der Waals surface area contributed by atoms with Gasteiger partial charge in [0.15, 0.2) is 0 Å². The Bertz CT molecular complexity index is 419. The quantitative estimate of drug-likeness (QED) is 0.874. The van der Waals surface area contributed by atoms with Crippen LogP contribution in [-0.4, -0.2) is 42.4 Å². The summed E-state index contributed by atoms with van der Waals surface area (Å²) in [5, 5.41) is 9.74. The van der Waals surface area contributed by atoms with E-state index in [0.29, 0.717) is 0 Å². The first-order chi connectivity index (χ1) is 10.2. The van der Waals surface area contributed by atoms with Crippen molar-refractivity contribution in [1.82, 2.24) is 4.90 Å².